The SMILES string of the molecule is CCC(C)CC(C)NCc1ccc(C)cc1Br. The standard InChI is InChI=1S/C15H24BrN/c1-5-11(2)8-13(4)17-10-14-7-6-12(3)9-15(14)16/h6-7,9,11,13,17H,5,8,10H2,1-4H3. The summed E-state index contributed by atoms with van der Waals surface area (Å²) >= 11 is 3.62. The highest BCUT2D eigenvalue weighted by atomic mass is 79.9. The highest BCUT2D eigenvalue weighted by Crippen LogP contribution is 2.18. The summed E-state index contributed by atoms with van der Waals surface area (Å²) in [5.74, 6) is 0.805. The van der Waals surface area contributed by atoms with Gasteiger partial charge >= 0.3 is 0 Å². The molecule has 1 aromatic rings. The topological polar surface area (TPSA) is 12.0 Å². The number of rotatable bonds is 6. The highest BCUT2D eigenvalue weighted by Gasteiger charge is 2.07. The molecule has 0 radical (unpaired) electrons. The lowest BCUT2D eigenvalue weighted by molar-refractivity contribution is 0.412. The first kappa shape index (κ1) is 14.7. The zero-order chi connectivity index (χ0) is 12.8. The van der Waals surface area contributed by atoms with Gasteiger partial charge in [0, 0.05) is 17.1 Å². The predicted molar refractivity (Wildman–Crippen MR) is 79.3 cm³/mol. The molecular formula is C15H24BrN. The molecule has 96 valence electrons. The molecule has 1 N–H and O–H groups in total. The van der Waals surface area contributed by atoms with E-state index in [2.05, 4.69) is 67.1 Å². The fourth-order valence-electron chi connectivity index (χ4n) is 1.93. The molecule has 1 nitrogen and oxygen atoms in total. The molecule has 2 atom stereocenters. The van der Waals surface area contributed by atoms with Crippen LogP contribution in [0.4, 0.5) is 0 Å². The van der Waals surface area contributed by atoms with Gasteiger partial charge in [-0.15, -0.1) is 0 Å². The Morgan fingerprint density at radius 3 is 2.59 bits per heavy atom. The van der Waals surface area contributed by atoms with Gasteiger partial charge in [0.2, 0.25) is 0 Å². The first-order valence-corrected chi connectivity index (χ1v) is 7.30. The second kappa shape index (κ2) is 7.17. The average Bonchev–Trinajstić information content (AvgIpc) is 2.27. The van der Waals surface area contributed by atoms with Crippen molar-refractivity contribution in [2.45, 2.75) is 53.1 Å². The van der Waals surface area contributed by atoms with Crippen LogP contribution >= 0.6 is 15.9 Å². The Bertz CT molecular complexity index is 349. The molecular weight excluding hydrogens is 274 g/mol. The Hall–Kier alpha value is -0.340. The number of benzene rings is 1. The summed E-state index contributed by atoms with van der Waals surface area (Å²) in [6, 6.07) is 7.12. The third kappa shape index (κ3) is 5.22. The summed E-state index contributed by atoms with van der Waals surface area (Å²) in [6.07, 6.45) is 2.51. The van der Waals surface area contributed by atoms with Gasteiger partial charge in [0.15, 0.2) is 0 Å². The maximum absolute atomic E-state index is 3.62. The third-order valence-electron chi connectivity index (χ3n) is 3.30. The van der Waals surface area contributed by atoms with Crippen LogP contribution in [-0.2, 0) is 6.54 Å². The van der Waals surface area contributed by atoms with Crippen LogP contribution in [0.1, 0.15) is 44.7 Å². The van der Waals surface area contributed by atoms with Crippen LogP contribution in [0, 0.1) is 12.8 Å². The van der Waals surface area contributed by atoms with Crippen molar-refractivity contribution >= 4 is 15.9 Å². The first-order chi connectivity index (χ1) is 8.02. The molecule has 0 heterocycles. The van der Waals surface area contributed by atoms with Crippen LogP contribution < -0.4 is 5.32 Å². The minimum Gasteiger partial charge on any atom is -0.310 e. The van der Waals surface area contributed by atoms with E-state index in [0.717, 1.165) is 12.5 Å². The molecule has 0 aromatic heterocycles. The maximum Gasteiger partial charge on any atom is 0.0222 e. The van der Waals surface area contributed by atoms with Crippen molar-refractivity contribution in [3.63, 3.8) is 0 Å². The second-order valence-corrected chi connectivity index (χ2v) is 5.98. The maximum atomic E-state index is 3.62. The zero-order valence-electron chi connectivity index (χ0n) is 11.4. The average molecular weight is 298 g/mol. The van der Waals surface area contributed by atoms with Crippen molar-refractivity contribution in [3.05, 3.63) is 33.8 Å². The van der Waals surface area contributed by atoms with Crippen molar-refractivity contribution in [2.75, 3.05) is 0 Å². The minimum atomic E-state index is 0.582. The van der Waals surface area contributed by atoms with E-state index < -0.39 is 0 Å². The Balaban J connectivity index is 2.44. The van der Waals surface area contributed by atoms with Crippen LogP contribution in [-0.4, -0.2) is 6.04 Å². The van der Waals surface area contributed by atoms with Crippen LogP contribution in [0.15, 0.2) is 22.7 Å². The number of halogens is 1. The van der Waals surface area contributed by atoms with Crippen molar-refractivity contribution < 1.29 is 0 Å². The molecule has 0 bridgehead atoms. The van der Waals surface area contributed by atoms with Gasteiger partial charge in [-0.3, -0.25) is 0 Å². The lowest BCUT2D eigenvalue weighted by atomic mass is 10.0. The fourth-order valence-corrected chi connectivity index (χ4v) is 2.57. The summed E-state index contributed by atoms with van der Waals surface area (Å²) in [5.41, 5.74) is 2.64. The molecule has 1 aromatic carbocycles. The van der Waals surface area contributed by atoms with E-state index in [-0.39, 0.29) is 0 Å². The van der Waals surface area contributed by atoms with Crippen LogP contribution in [0.2, 0.25) is 0 Å². The highest BCUT2D eigenvalue weighted by molar-refractivity contribution is 9.10. The van der Waals surface area contributed by atoms with Gasteiger partial charge in [0.05, 0.1) is 0 Å². The molecule has 0 spiro atoms. The van der Waals surface area contributed by atoms with Crippen molar-refractivity contribution in [1.29, 1.82) is 0 Å². The van der Waals surface area contributed by atoms with Gasteiger partial charge < -0.3 is 5.32 Å². The van der Waals surface area contributed by atoms with E-state index in [0.29, 0.717) is 6.04 Å². The van der Waals surface area contributed by atoms with Gasteiger partial charge in [-0.25, -0.2) is 0 Å². The number of nitrogens with one attached hydrogen (secondary N) is 1. The van der Waals surface area contributed by atoms with E-state index in [9.17, 15) is 0 Å². The van der Waals surface area contributed by atoms with E-state index in [1.165, 1.54) is 28.4 Å². The smallest absolute Gasteiger partial charge is 0.0222 e. The van der Waals surface area contributed by atoms with Crippen molar-refractivity contribution in [2.24, 2.45) is 5.92 Å². The summed E-state index contributed by atoms with van der Waals surface area (Å²) < 4.78 is 1.21. The van der Waals surface area contributed by atoms with Crippen molar-refractivity contribution in [1.82, 2.24) is 5.32 Å². The largest absolute Gasteiger partial charge is 0.310 e. The molecule has 2 unspecified atom stereocenters. The number of hydrogen-bond donors (Lipinski definition) is 1. The molecule has 0 amide bonds. The molecule has 0 aliphatic heterocycles. The van der Waals surface area contributed by atoms with E-state index in [4.69, 9.17) is 0 Å². The summed E-state index contributed by atoms with van der Waals surface area (Å²) in [5, 5.41) is 3.59. The van der Waals surface area contributed by atoms with E-state index >= 15 is 0 Å². The summed E-state index contributed by atoms with van der Waals surface area (Å²) in [4.78, 5) is 0. The van der Waals surface area contributed by atoms with Crippen LogP contribution in [0.3, 0.4) is 0 Å². The van der Waals surface area contributed by atoms with Gasteiger partial charge in [-0.2, -0.15) is 0 Å². The van der Waals surface area contributed by atoms with E-state index in [1.807, 2.05) is 0 Å². The molecule has 0 aliphatic rings. The Labute approximate surface area is 114 Å². The quantitative estimate of drug-likeness (QED) is 0.804. The van der Waals surface area contributed by atoms with Gasteiger partial charge in [-0.05, 0) is 43.4 Å². The minimum absolute atomic E-state index is 0.582. The normalized spacial score (nSPS) is 14.6. The molecule has 0 saturated carbocycles. The molecule has 0 saturated heterocycles. The van der Waals surface area contributed by atoms with Crippen LogP contribution in [0.25, 0.3) is 0 Å². The monoisotopic (exact) mass is 297 g/mol. The lowest BCUT2D eigenvalue weighted by Gasteiger charge is -2.18. The first-order valence-electron chi connectivity index (χ1n) is 6.51. The molecule has 2 heteroatoms. The number of hydrogen-bond acceptors (Lipinski definition) is 1. The van der Waals surface area contributed by atoms with Crippen LogP contribution in [0.5, 0.6) is 0 Å². The van der Waals surface area contributed by atoms with Gasteiger partial charge in [0.25, 0.3) is 0 Å². The predicted octanol–water partition coefficient (Wildman–Crippen LogP) is 4.67. The molecule has 0 fully saturated rings. The fraction of sp³-hybridized carbons (Fsp3) is 0.600. The zero-order valence-corrected chi connectivity index (χ0v) is 13.0. The Morgan fingerprint density at radius 1 is 1.29 bits per heavy atom. The second-order valence-electron chi connectivity index (χ2n) is 5.13. The van der Waals surface area contributed by atoms with Crippen molar-refractivity contribution in [3.8, 4) is 0 Å². The molecule has 1 rings (SSSR count). The third-order valence-corrected chi connectivity index (χ3v) is 4.04. The van der Waals surface area contributed by atoms with Gasteiger partial charge in [0.1, 0.15) is 0 Å². The Kier molecular flexibility index (Phi) is 6.21. The molecule has 0 aliphatic carbocycles. The molecule has 17 heavy (non-hydrogen) atoms. The van der Waals surface area contributed by atoms with Gasteiger partial charge in [-0.1, -0.05) is 48.3 Å². The Morgan fingerprint density at radius 2 is 2.00 bits per heavy atom. The summed E-state index contributed by atoms with van der Waals surface area (Å²) in [6.45, 7) is 9.91. The van der Waals surface area contributed by atoms with E-state index in [1.54, 1.807) is 0 Å². The number of aryl methyl sites for hydroxylation is 1. The lowest BCUT2D eigenvalue weighted by Crippen LogP contribution is -2.27. The summed E-state index contributed by atoms with van der Waals surface area (Å²) in [7, 11) is 0.